The number of anilines is 1. The number of aromatic nitrogens is 2. The molecule has 1 fully saturated rings. The number of fused-ring (bicyclic) bond motifs is 1. The smallest absolute Gasteiger partial charge is 0.406 e. The molecular formula is C28H31F3N6O3. The van der Waals surface area contributed by atoms with Gasteiger partial charge in [-0.2, -0.15) is 13.2 Å². The minimum atomic E-state index is -4.46. The fourth-order valence-electron chi connectivity index (χ4n) is 4.62. The Morgan fingerprint density at radius 1 is 1.23 bits per heavy atom. The molecule has 2 aromatic carbocycles. The van der Waals surface area contributed by atoms with Gasteiger partial charge in [-0.1, -0.05) is 18.8 Å². The highest BCUT2D eigenvalue weighted by Crippen LogP contribution is 2.26. The topological polar surface area (TPSA) is 109 Å². The number of halogens is 3. The number of ether oxygens (including phenoxy) is 1. The van der Waals surface area contributed by atoms with Crippen molar-refractivity contribution >= 4 is 28.5 Å². The van der Waals surface area contributed by atoms with Gasteiger partial charge in [-0.25, -0.2) is 4.98 Å². The molecular weight excluding hydrogens is 525 g/mol. The lowest BCUT2D eigenvalue weighted by molar-refractivity contribution is -0.139. The van der Waals surface area contributed by atoms with Crippen LogP contribution in [0.4, 0.5) is 18.9 Å². The summed E-state index contributed by atoms with van der Waals surface area (Å²) in [6.45, 7) is 2.45. The van der Waals surface area contributed by atoms with Gasteiger partial charge in [0.15, 0.2) is 0 Å². The maximum absolute atomic E-state index is 13.3. The lowest BCUT2D eigenvalue weighted by Gasteiger charge is -2.30. The second-order valence-electron chi connectivity index (χ2n) is 9.58. The number of hydrogen-bond acceptors (Lipinski definition) is 6. The van der Waals surface area contributed by atoms with E-state index >= 15 is 0 Å². The van der Waals surface area contributed by atoms with E-state index in [1.165, 1.54) is 20.2 Å². The molecule has 9 nitrogen and oxygen atoms in total. The molecule has 0 unspecified atom stereocenters. The molecule has 0 aliphatic carbocycles. The molecule has 3 aromatic rings. The van der Waals surface area contributed by atoms with Crippen LogP contribution in [0.5, 0.6) is 5.75 Å². The van der Waals surface area contributed by atoms with Crippen molar-refractivity contribution in [2.75, 3.05) is 39.1 Å². The van der Waals surface area contributed by atoms with Crippen LogP contribution < -0.4 is 26.0 Å². The van der Waals surface area contributed by atoms with E-state index in [1.54, 1.807) is 24.3 Å². The lowest BCUT2D eigenvalue weighted by Crippen LogP contribution is -2.48. The number of hydrogen-bond donors (Lipinski definition) is 4. The van der Waals surface area contributed by atoms with E-state index in [0.717, 1.165) is 30.4 Å². The maximum Gasteiger partial charge on any atom is 0.406 e. The van der Waals surface area contributed by atoms with Gasteiger partial charge in [-0.05, 0) is 55.8 Å². The molecule has 4 N–H and O–H groups in total. The number of nitrogens with one attached hydrogen (secondary N) is 4. The van der Waals surface area contributed by atoms with Crippen molar-refractivity contribution in [1.29, 1.82) is 0 Å². The molecule has 212 valence electrons. The van der Waals surface area contributed by atoms with E-state index in [4.69, 9.17) is 4.74 Å². The largest absolute Gasteiger partial charge is 0.495 e. The molecule has 1 aliphatic rings. The van der Waals surface area contributed by atoms with Gasteiger partial charge < -0.3 is 30.6 Å². The molecule has 12 heteroatoms. The Hall–Kier alpha value is -4.24. The van der Waals surface area contributed by atoms with E-state index < -0.39 is 18.6 Å². The van der Waals surface area contributed by atoms with Gasteiger partial charge in [0, 0.05) is 24.2 Å². The van der Waals surface area contributed by atoms with Crippen molar-refractivity contribution in [2.45, 2.75) is 32.1 Å². The maximum atomic E-state index is 13.3. The van der Waals surface area contributed by atoms with Crippen molar-refractivity contribution in [2.24, 2.45) is 5.92 Å². The highest BCUT2D eigenvalue weighted by molar-refractivity contribution is 6.05. The molecule has 2 heterocycles. The highest BCUT2D eigenvalue weighted by Gasteiger charge is 2.30. The quantitative estimate of drug-likeness (QED) is 0.333. The third-order valence-electron chi connectivity index (χ3n) is 6.71. The number of benzene rings is 2. The van der Waals surface area contributed by atoms with Crippen LogP contribution >= 0.6 is 0 Å². The Kier molecular flexibility index (Phi) is 8.84. The number of nitrogens with zero attached hydrogens (tertiary/aromatic N) is 2. The molecule has 2 amide bonds. The SMILES string of the molecule is CNC(=O)c1ccc(OC)c(NCC#Cc2cc(C(=O)N[C@@H]3CCNC[C@@H]3C)c3ncn(CC(F)(F)F)c3c2)c1. The Balaban J connectivity index is 1.62. The fourth-order valence-corrected chi connectivity index (χ4v) is 4.62. The summed E-state index contributed by atoms with van der Waals surface area (Å²) in [5.74, 6) is 5.92. The highest BCUT2D eigenvalue weighted by atomic mass is 19.4. The van der Waals surface area contributed by atoms with Gasteiger partial charge in [-0.3, -0.25) is 9.59 Å². The number of carbonyl (C=O) groups is 2. The van der Waals surface area contributed by atoms with Crippen LogP contribution in [0.15, 0.2) is 36.7 Å². The number of piperidine rings is 1. The average Bonchev–Trinajstić information content (AvgIpc) is 3.32. The summed E-state index contributed by atoms with van der Waals surface area (Å²) in [5.41, 5.74) is 1.87. The first-order valence-corrected chi connectivity index (χ1v) is 12.8. The summed E-state index contributed by atoms with van der Waals surface area (Å²) in [6, 6.07) is 7.90. The first-order chi connectivity index (χ1) is 19.1. The van der Waals surface area contributed by atoms with E-state index in [2.05, 4.69) is 38.1 Å². The molecule has 40 heavy (non-hydrogen) atoms. The zero-order valence-electron chi connectivity index (χ0n) is 22.4. The zero-order chi connectivity index (χ0) is 28.9. The summed E-state index contributed by atoms with van der Waals surface area (Å²) in [6.07, 6.45) is -2.63. The Bertz CT molecular complexity index is 1460. The summed E-state index contributed by atoms with van der Waals surface area (Å²) in [5, 5.41) is 12.0. The van der Waals surface area contributed by atoms with Gasteiger partial charge in [0.1, 0.15) is 17.8 Å². The lowest BCUT2D eigenvalue weighted by atomic mass is 9.95. The van der Waals surface area contributed by atoms with Crippen molar-refractivity contribution in [3.63, 3.8) is 0 Å². The number of carbonyl (C=O) groups excluding carboxylic acids is 2. The van der Waals surface area contributed by atoms with Crippen molar-refractivity contribution in [3.05, 3.63) is 53.3 Å². The van der Waals surface area contributed by atoms with Crippen LogP contribution in [-0.2, 0) is 6.54 Å². The number of imidazole rings is 1. The summed E-state index contributed by atoms with van der Waals surface area (Å²) < 4.78 is 46.0. The van der Waals surface area contributed by atoms with Crippen molar-refractivity contribution in [3.8, 4) is 17.6 Å². The monoisotopic (exact) mass is 556 g/mol. The first kappa shape index (κ1) is 28.8. The Morgan fingerprint density at radius 2 is 2.02 bits per heavy atom. The average molecular weight is 557 g/mol. The van der Waals surface area contributed by atoms with Crippen LogP contribution in [0.2, 0.25) is 0 Å². The third kappa shape index (κ3) is 6.84. The van der Waals surface area contributed by atoms with Gasteiger partial charge in [0.25, 0.3) is 11.8 Å². The molecule has 1 aliphatic heterocycles. The Morgan fingerprint density at radius 3 is 2.73 bits per heavy atom. The second kappa shape index (κ2) is 12.3. The molecule has 0 spiro atoms. The summed E-state index contributed by atoms with van der Waals surface area (Å²) >= 11 is 0. The van der Waals surface area contributed by atoms with Gasteiger partial charge in [0.05, 0.1) is 36.7 Å². The van der Waals surface area contributed by atoms with Crippen LogP contribution in [0.1, 0.15) is 39.6 Å². The van der Waals surface area contributed by atoms with Crippen molar-refractivity contribution in [1.82, 2.24) is 25.5 Å². The number of alkyl halides is 3. The normalized spacial score (nSPS) is 17.1. The predicted octanol–water partition coefficient (Wildman–Crippen LogP) is 3.16. The molecule has 0 bridgehead atoms. The predicted molar refractivity (Wildman–Crippen MR) is 145 cm³/mol. The van der Waals surface area contributed by atoms with Crippen molar-refractivity contribution < 1.29 is 27.5 Å². The summed E-state index contributed by atoms with van der Waals surface area (Å²) in [7, 11) is 3.03. The fraction of sp³-hybridized carbons (Fsp3) is 0.393. The Labute approximate surface area is 229 Å². The molecule has 4 rings (SSSR count). The van der Waals surface area contributed by atoms with E-state index in [0.29, 0.717) is 22.6 Å². The zero-order valence-corrected chi connectivity index (χ0v) is 22.4. The number of rotatable bonds is 7. The van der Waals surface area contributed by atoms with Crippen LogP contribution in [0, 0.1) is 17.8 Å². The number of methoxy groups -OCH3 is 1. The minimum Gasteiger partial charge on any atom is -0.495 e. The number of amides is 2. The van der Waals surface area contributed by atoms with Gasteiger partial charge in [-0.15, -0.1) is 0 Å². The van der Waals surface area contributed by atoms with E-state index in [9.17, 15) is 22.8 Å². The van der Waals surface area contributed by atoms with Gasteiger partial charge in [0.2, 0.25) is 0 Å². The van der Waals surface area contributed by atoms with E-state index in [-0.39, 0.29) is 41.0 Å². The van der Waals surface area contributed by atoms with Crippen LogP contribution in [0.3, 0.4) is 0 Å². The molecule has 1 aromatic heterocycles. The van der Waals surface area contributed by atoms with Crippen LogP contribution in [0.25, 0.3) is 11.0 Å². The standard InChI is InChI=1S/C28H31F3N6O3/c1-17-14-33-10-8-21(17)36-27(39)20-11-18(12-23-25(20)35-16-37(23)15-28(29,30)31)5-4-9-34-22-13-19(26(38)32-2)6-7-24(22)40-3/h6-7,11-13,16-17,21,33-34H,8-10,14-15H2,1-3H3,(H,32,38)(H,36,39)/t17-,21+/m0/s1. The molecule has 0 radical (unpaired) electrons. The second-order valence-corrected chi connectivity index (χ2v) is 9.58. The molecule has 2 atom stereocenters. The first-order valence-electron chi connectivity index (χ1n) is 12.8. The summed E-state index contributed by atoms with van der Waals surface area (Å²) in [4.78, 5) is 29.4. The molecule has 0 saturated carbocycles. The van der Waals surface area contributed by atoms with Crippen LogP contribution in [-0.4, -0.2) is 67.4 Å². The van der Waals surface area contributed by atoms with E-state index in [1.807, 2.05) is 6.92 Å². The van der Waals surface area contributed by atoms with Gasteiger partial charge >= 0.3 is 6.18 Å². The molecule has 1 saturated heterocycles. The minimum absolute atomic E-state index is 0.0689. The third-order valence-corrected chi connectivity index (χ3v) is 6.71.